The van der Waals surface area contributed by atoms with E-state index in [4.69, 9.17) is 4.74 Å². The first-order valence-electron chi connectivity index (χ1n) is 5.53. The van der Waals surface area contributed by atoms with Crippen molar-refractivity contribution in [2.75, 3.05) is 20.2 Å². The monoisotopic (exact) mass is 220 g/mol. The minimum atomic E-state index is -0.885. The van der Waals surface area contributed by atoms with E-state index in [0.29, 0.717) is 13.0 Å². The molecule has 1 N–H and O–H groups in total. The van der Waals surface area contributed by atoms with Gasteiger partial charge in [-0.15, -0.1) is 0 Å². The zero-order chi connectivity index (χ0) is 11.6. The van der Waals surface area contributed by atoms with Crippen LogP contribution in [0.15, 0.2) is 30.3 Å². The largest absolute Gasteiger partial charge is 0.457 e. The van der Waals surface area contributed by atoms with Crippen LogP contribution in [0.4, 0.5) is 0 Å². The van der Waals surface area contributed by atoms with E-state index in [-0.39, 0.29) is 6.10 Å². The average Bonchev–Trinajstić information content (AvgIpc) is 2.33. The van der Waals surface area contributed by atoms with E-state index in [1.54, 1.807) is 7.11 Å². The molecule has 1 saturated heterocycles. The van der Waals surface area contributed by atoms with Crippen molar-refractivity contribution in [3.8, 4) is 0 Å². The zero-order valence-electron chi connectivity index (χ0n) is 9.60. The average molecular weight is 220 g/mol. The Balaban J connectivity index is 2.29. The molecule has 0 spiro atoms. The fraction of sp³-hybridized carbons (Fsp3) is 0.462. The van der Waals surface area contributed by atoms with Gasteiger partial charge in [0.25, 0.3) is 0 Å². The molecule has 1 aromatic carbocycles. The van der Waals surface area contributed by atoms with Gasteiger partial charge in [0.2, 0.25) is 0 Å². The molecule has 1 aliphatic rings. The summed E-state index contributed by atoms with van der Waals surface area (Å²) in [6.07, 6.45) is 0.431. The quantitative estimate of drug-likeness (QED) is 0.764. The molecule has 1 aromatic rings. The zero-order valence-corrected chi connectivity index (χ0v) is 9.60. The molecule has 0 aliphatic carbocycles. The summed E-state index contributed by atoms with van der Waals surface area (Å²) in [5.74, 6) is 0. The van der Waals surface area contributed by atoms with Gasteiger partial charge in [0, 0.05) is 7.11 Å². The van der Waals surface area contributed by atoms with E-state index in [1.165, 1.54) is 0 Å². The molecule has 0 unspecified atom stereocenters. The first-order valence-corrected chi connectivity index (χ1v) is 5.53. The van der Waals surface area contributed by atoms with Gasteiger partial charge in [0.05, 0.1) is 0 Å². The number of methoxy groups -OCH3 is 1. The van der Waals surface area contributed by atoms with Crippen LogP contribution in [0.1, 0.15) is 12.0 Å². The van der Waals surface area contributed by atoms with Crippen molar-refractivity contribution in [2.24, 2.45) is 0 Å². The Morgan fingerprint density at radius 1 is 1.44 bits per heavy atom. The van der Waals surface area contributed by atoms with Crippen molar-refractivity contribution in [3.63, 3.8) is 0 Å². The molecular weight excluding hydrogens is 202 g/mol. The SMILES string of the molecule is [CH2-]N1CC[C@@](O)(c2ccccc2)[C@H](OC)C1. The predicted molar refractivity (Wildman–Crippen MR) is 62.7 cm³/mol. The third-order valence-corrected chi connectivity index (χ3v) is 3.32. The molecule has 0 saturated carbocycles. The summed E-state index contributed by atoms with van der Waals surface area (Å²) in [7, 11) is 5.53. The van der Waals surface area contributed by atoms with E-state index in [2.05, 4.69) is 7.05 Å². The van der Waals surface area contributed by atoms with Gasteiger partial charge in [-0.3, -0.25) is 7.05 Å². The van der Waals surface area contributed by atoms with Crippen LogP contribution >= 0.6 is 0 Å². The highest BCUT2D eigenvalue weighted by Crippen LogP contribution is 2.34. The topological polar surface area (TPSA) is 32.7 Å². The van der Waals surface area contributed by atoms with E-state index in [0.717, 1.165) is 12.1 Å². The summed E-state index contributed by atoms with van der Waals surface area (Å²) < 4.78 is 5.40. The fourth-order valence-corrected chi connectivity index (χ4v) is 2.29. The number of piperidine rings is 1. The number of benzene rings is 1. The van der Waals surface area contributed by atoms with Crippen LogP contribution in [0.5, 0.6) is 0 Å². The summed E-state index contributed by atoms with van der Waals surface area (Å²) in [6.45, 7) is 1.44. The van der Waals surface area contributed by atoms with Gasteiger partial charge in [-0.2, -0.15) is 0 Å². The number of aliphatic hydroxyl groups is 1. The molecule has 0 amide bonds. The lowest BCUT2D eigenvalue weighted by molar-refractivity contribution is -0.133. The third-order valence-electron chi connectivity index (χ3n) is 3.32. The molecule has 16 heavy (non-hydrogen) atoms. The molecule has 88 valence electrons. The number of nitrogens with zero attached hydrogens (tertiary/aromatic N) is 1. The van der Waals surface area contributed by atoms with Crippen LogP contribution in [0.25, 0.3) is 0 Å². The Morgan fingerprint density at radius 2 is 2.12 bits per heavy atom. The van der Waals surface area contributed by atoms with E-state index >= 15 is 0 Å². The lowest BCUT2D eigenvalue weighted by atomic mass is 9.82. The second-order valence-electron chi connectivity index (χ2n) is 4.34. The lowest BCUT2D eigenvalue weighted by Gasteiger charge is -2.46. The molecule has 1 aliphatic heterocycles. The van der Waals surface area contributed by atoms with Crippen molar-refractivity contribution in [2.45, 2.75) is 18.1 Å². The van der Waals surface area contributed by atoms with Gasteiger partial charge in [-0.1, -0.05) is 30.3 Å². The van der Waals surface area contributed by atoms with E-state index < -0.39 is 5.60 Å². The first-order chi connectivity index (χ1) is 7.66. The standard InChI is InChI=1S/C13H18NO2/c1-14-9-8-13(15,12(10-14)16-2)11-6-4-3-5-7-11/h3-7,12,15H,1,8-10H2,2H3/q-1/t12-,13-/m1/s1. The van der Waals surface area contributed by atoms with Gasteiger partial charge in [-0.05, 0) is 25.1 Å². The predicted octanol–water partition coefficient (Wildman–Crippen LogP) is 1.39. The molecule has 2 atom stereocenters. The summed E-state index contributed by atoms with van der Waals surface area (Å²) in [5.41, 5.74) is 0.0412. The van der Waals surface area contributed by atoms with Gasteiger partial charge in [-0.25, -0.2) is 0 Å². The number of hydrogen-bond donors (Lipinski definition) is 1. The van der Waals surface area contributed by atoms with Crippen LogP contribution in [0, 0.1) is 7.05 Å². The van der Waals surface area contributed by atoms with Crippen LogP contribution in [0.3, 0.4) is 0 Å². The molecule has 0 bridgehead atoms. The van der Waals surface area contributed by atoms with Crippen LogP contribution in [0.2, 0.25) is 0 Å². The Labute approximate surface area is 96.6 Å². The highest BCUT2D eigenvalue weighted by atomic mass is 16.5. The summed E-state index contributed by atoms with van der Waals surface area (Å²) in [6, 6.07) is 9.73. The Kier molecular flexibility index (Phi) is 3.28. The molecule has 2 rings (SSSR count). The highest BCUT2D eigenvalue weighted by Gasteiger charge is 2.40. The van der Waals surface area contributed by atoms with Crippen molar-refractivity contribution in [3.05, 3.63) is 42.9 Å². The van der Waals surface area contributed by atoms with E-state index in [9.17, 15) is 5.11 Å². The lowest BCUT2D eigenvalue weighted by Crippen LogP contribution is -2.52. The van der Waals surface area contributed by atoms with Crippen molar-refractivity contribution >= 4 is 0 Å². The maximum atomic E-state index is 10.7. The van der Waals surface area contributed by atoms with Gasteiger partial charge in [0.1, 0.15) is 11.7 Å². The van der Waals surface area contributed by atoms with E-state index in [1.807, 2.05) is 35.2 Å². The smallest absolute Gasteiger partial charge is 0.118 e. The Hall–Kier alpha value is -0.900. The van der Waals surface area contributed by atoms with Crippen LogP contribution in [-0.2, 0) is 10.3 Å². The summed E-state index contributed by atoms with van der Waals surface area (Å²) >= 11 is 0. The number of ether oxygens (including phenoxy) is 1. The summed E-state index contributed by atoms with van der Waals surface area (Å²) in [5, 5.41) is 10.7. The number of rotatable bonds is 2. The molecule has 1 fully saturated rings. The second-order valence-corrected chi connectivity index (χ2v) is 4.34. The molecular formula is C13H18NO2-. The van der Waals surface area contributed by atoms with Gasteiger partial charge in [0.15, 0.2) is 0 Å². The highest BCUT2D eigenvalue weighted by molar-refractivity contribution is 5.25. The molecule has 0 aromatic heterocycles. The molecule has 3 heteroatoms. The van der Waals surface area contributed by atoms with Crippen LogP contribution < -0.4 is 0 Å². The normalized spacial score (nSPS) is 31.6. The Morgan fingerprint density at radius 3 is 2.75 bits per heavy atom. The van der Waals surface area contributed by atoms with Crippen LogP contribution in [-0.4, -0.2) is 36.3 Å². The Bertz CT molecular complexity index is 341. The second kappa shape index (κ2) is 4.53. The minimum absolute atomic E-state index is 0.221. The fourth-order valence-electron chi connectivity index (χ4n) is 2.29. The van der Waals surface area contributed by atoms with Crippen molar-refractivity contribution in [1.82, 2.24) is 4.90 Å². The van der Waals surface area contributed by atoms with Gasteiger partial charge >= 0.3 is 0 Å². The first kappa shape index (κ1) is 11.6. The third kappa shape index (κ3) is 1.98. The number of hydrogen-bond acceptors (Lipinski definition) is 3. The number of likely N-dealkylation sites (tertiary alicyclic amines) is 1. The van der Waals surface area contributed by atoms with Crippen molar-refractivity contribution in [1.29, 1.82) is 0 Å². The maximum absolute atomic E-state index is 10.7. The van der Waals surface area contributed by atoms with Crippen molar-refractivity contribution < 1.29 is 9.84 Å². The molecule has 0 radical (unpaired) electrons. The molecule has 3 nitrogen and oxygen atoms in total. The maximum Gasteiger partial charge on any atom is 0.118 e. The summed E-state index contributed by atoms with van der Waals surface area (Å²) in [4.78, 5) is 1.94. The van der Waals surface area contributed by atoms with Gasteiger partial charge < -0.3 is 14.7 Å². The molecule has 1 heterocycles. The minimum Gasteiger partial charge on any atom is -0.457 e.